The zero-order valence-corrected chi connectivity index (χ0v) is 10.2. The van der Waals surface area contributed by atoms with Crippen LogP contribution < -0.4 is 0 Å². The van der Waals surface area contributed by atoms with E-state index in [9.17, 15) is 23.8 Å². The molecule has 0 heterocycles. The molecule has 0 saturated carbocycles. The fourth-order valence-electron chi connectivity index (χ4n) is 1.18. The summed E-state index contributed by atoms with van der Waals surface area (Å²) in [4.78, 5) is 10.9. The number of esters is 1. The monoisotopic (exact) mass is 310 g/mol. The molecule has 0 bridgehead atoms. The maximum atomic E-state index is 13.2. The highest BCUT2D eigenvalue weighted by atomic mass is 79.9. The van der Waals surface area contributed by atoms with Crippen LogP contribution in [0.15, 0.2) is 16.6 Å². The molecule has 0 aliphatic carbocycles. The van der Waals surface area contributed by atoms with Crippen molar-refractivity contribution in [2.45, 2.75) is 12.2 Å². The molecule has 0 aromatic heterocycles. The molecule has 0 saturated heterocycles. The molecule has 0 aliphatic heterocycles. The van der Waals surface area contributed by atoms with Crippen molar-refractivity contribution in [3.05, 3.63) is 33.8 Å². The summed E-state index contributed by atoms with van der Waals surface area (Å²) in [7, 11) is 1.01. The summed E-state index contributed by atoms with van der Waals surface area (Å²) in [5.74, 6) is -2.99. The van der Waals surface area contributed by atoms with Crippen LogP contribution in [0.4, 0.5) is 8.78 Å². The van der Waals surface area contributed by atoms with Crippen molar-refractivity contribution in [2.75, 3.05) is 7.11 Å². The van der Waals surface area contributed by atoms with Gasteiger partial charge in [0.2, 0.25) is 0 Å². The van der Waals surface area contributed by atoms with Gasteiger partial charge in [-0.05, 0) is 33.6 Å². The van der Waals surface area contributed by atoms with Gasteiger partial charge in [0, 0.05) is 0 Å². The van der Waals surface area contributed by atoms with E-state index < -0.39 is 29.8 Å². The number of benzene rings is 1. The Bertz CT molecular complexity index is 415. The molecule has 0 fully saturated rings. The van der Waals surface area contributed by atoms with E-state index in [0.29, 0.717) is 0 Å². The van der Waals surface area contributed by atoms with Crippen LogP contribution in [-0.4, -0.2) is 29.4 Å². The minimum Gasteiger partial charge on any atom is -0.467 e. The van der Waals surface area contributed by atoms with E-state index in [-0.39, 0.29) is 10.0 Å². The van der Waals surface area contributed by atoms with Gasteiger partial charge in [-0.25, -0.2) is 13.6 Å². The number of halogens is 3. The van der Waals surface area contributed by atoms with Crippen LogP contribution in [0.5, 0.6) is 0 Å². The summed E-state index contributed by atoms with van der Waals surface area (Å²) in [5.41, 5.74) is -0.263. The number of aliphatic hydroxyl groups is 2. The molecule has 2 unspecified atom stereocenters. The zero-order chi connectivity index (χ0) is 13.2. The SMILES string of the molecule is COC(=O)C(O)C(O)c1cc(F)c(Br)c(F)c1. The van der Waals surface area contributed by atoms with Gasteiger partial charge in [0.15, 0.2) is 6.10 Å². The summed E-state index contributed by atoms with van der Waals surface area (Å²) in [6, 6.07) is 1.62. The third kappa shape index (κ3) is 2.99. The van der Waals surface area contributed by atoms with Crippen molar-refractivity contribution in [3.63, 3.8) is 0 Å². The van der Waals surface area contributed by atoms with E-state index in [1.54, 1.807) is 0 Å². The molecule has 17 heavy (non-hydrogen) atoms. The predicted octanol–water partition coefficient (Wildman–Crippen LogP) is 1.29. The quantitative estimate of drug-likeness (QED) is 0.652. The molecule has 1 aromatic carbocycles. The van der Waals surface area contributed by atoms with E-state index in [0.717, 1.165) is 19.2 Å². The first-order valence-electron chi connectivity index (χ1n) is 4.47. The van der Waals surface area contributed by atoms with Crippen molar-refractivity contribution < 1.29 is 28.5 Å². The largest absolute Gasteiger partial charge is 0.467 e. The molecule has 2 N–H and O–H groups in total. The number of methoxy groups -OCH3 is 1. The number of carbonyl (C=O) groups excluding carboxylic acids is 1. The predicted molar refractivity (Wildman–Crippen MR) is 57.0 cm³/mol. The standard InChI is InChI=1S/C10H9BrF2O4/c1-17-10(16)9(15)8(14)4-2-5(12)7(11)6(13)3-4/h2-3,8-9,14-15H,1H3. The molecule has 0 spiro atoms. The first-order chi connectivity index (χ1) is 7.88. The lowest BCUT2D eigenvalue weighted by molar-refractivity contribution is -0.156. The lowest BCUT2D eigenvalue weighted by Crippen LogP contribution is -2.29. The topological polar surface area (TPSA) is 66.8 Å². The summed E-state index contributed by atoms with van der Waals surface area (Å²) < 4.78 is 30.1. The fraction of sp³-hybridized carbons (Fsp3) is 0.300. The van der Waals surface area contributed by atoms with Gasteiger partial charge in [-0.1, -0.05) is 0 Å². The van der Waals surface area contributed by atoms with Crippen LogP contribution in [0, 0.1) is 11.6 Å². The van der Waals surface area contributed by atoms with E-state index in [2.05, 4.69) is 20.7 Å². The summed E-state index contributed by atoms with van der Waals surface area (Å²) in [6.07, 6.45) is -3.67. The molecule has 94 valence electrons. The van der Waals surface area contributed by atoms with Gasteiger partial charge in [0.25, 0.3) is 0 Å². The maximum Gasteiger partial charge on any atom is 0.337 e. The van der Waals surface area contributed by atoms with Crippen LogP contribution >= 0.6 is 15.9 Å². The van der Waals surface area contributed by atoms with Crippen molar-refractivity contribution in [3.8, 4) is 0 Å². The fourth-order valence-corrected chi connectivity index (χ4v) is 1.41. The van der Waals surface area contributed by atoms with Gasteiger partial charge in [0.05, 0.1) is 11.6 Å². The Kier molecular flexibility index (Phi) is 4.55. The Hall–Kier alpha value is -1.05. The third-order valence-corrected chi connectivity index (χ3v) is 2.85. The number of aliphatic hydroxyl groups excluding tert-OH is 2. The molecule has 0 radical (unpaired) electrons. The lowest BCUT2D eigenvalue weighted by atomic mass is 10.0. The number of rotatable bonds is 3. The van der Waals surface area contributed by atoms with E-state index in [1.807, 2.05) is 0 Å². The molecule has 2 atom stereocenters. The van der Waals surface area contributed by atoms with Crippen LogP contribution in [0.2, 0.25) is 0 Å². The van der Waals surface area contributed by atoms with Gasteiger partial charge in [-0.3, -0.25) is 0 Å². The second kappa shape index (κ2) is 5.52. The van der Waals surface area contributed by atoms with Crippen LogP contribution in [0.3, 0.4) is 0 Å². The number of carbonyl (C=O) groups is 1. The highest BCUT2D eigenvalue weighted by molar-refractivity contribution is 9.10. The van der Waals surface area contributed by atoms with Gasteiger partial charge < -0.3 is 14.9 Å². The van der Waals surface area contributed by atoms with Gasteiger partial charge >= 0.3 is 5.97 Å². The molecule has 0 amide bonds. The Morgan fingerprint density at radius 2 is 1.82 bits per heavy atom. The van der Waals surface area contributed by atoms with Gasteiger partial charge in [-0.15, -0.1) is 0 Å². The highest BCUT2D eigenvalue weighted by Crippen LogP contribution is 2.26. The molecule has 0 aliphatic rings. The number of hydrogen-bond acceptors (Lipinski definition) is 4. The third-order valence-electron chi connectivity index (χ3n) is 2.09. The second-order valence-corrected chi connectivity index (χ2v) is 4.00. The van der Waals surface area contributed by atoms with Crippen molar-refractivity contribution in [1.29, 1.82) is 0 Å². The molecular weight excluding hydrogens is 302 g/mol. The molecule has 7 heteroatoms. The van der Waals surface area contributed by atoms with Crippen LogP contribution in [0.1, 0.15) is 11.7 Å². The second-order valence-electron chi connectivity index (χ2n) is 3.21. The maximum absolute atomic E-state index is 13.2. The average molecular weight is 311 g/mol. The van der Waals surface area contributed by atoms with E-state index in [1.165, 1.54) is 0 Å². The van der Waals surface area contributed by atoms with Crippen molar-refractivity contribution >= 4 is 21.9 Å². The van der Waals surface area contributed by atoms with Crippen molar-refractivity contribution in [2.24, 2.45) is 0 Å². The van der Waals surface area contributed by atoms with Crippen LogP contribution in [0.25, 0.3) is 0 Å². The highest BCUT2D eigenvalue weighted by Gasteiger charge is 2.27. The Balaban J connectivity index is 3.04. The molecule has 1 aromatic rings. The Labute approximate surface area is 104 Å². The molecular formula is C10H9BrF2O4. The Morgan fingerprint density at radius 1 is 1.35 bits per heavy atom. The van der Waals surface area contributed by atoms with E-state index >= 15 is 0 Å². The van der Waals surface area contributed by atoms with E-state index in [4.69, 9.17) is 0 Å². The first-order valence-corrected chi connectivity index (χ1v) is 5.26. The number of ether oxygens (including phenoxy) is 1. The summed E-state index contributed by atoms with van der Waals surface area (Å²) in [6.45, 7) is 0. The normalized spacial score (nSPS) is 14.2. The summed E-state index contributed by atoms with van der Waals surface area (Å²) in [5, 5.41) is 18.8. The van der Waals surface area contributed by atoms with Crippen LogP contribution in [-0.2, 0) is 9.53 Å². The number of hydrogen-bond donors (Lipinski definition) is 2. The summed E-state index contributed by atoms with van der Waals surface area (Å²) >= 11 is 2.66. The minimum absolute atomic E-state index is 0.263. The molecule has 1 rings (SSSR count). The minimum atomic E-state index is -1.90. The smallest absolute Gasteiger partial charge is 0.337 e. The zero-order valence-electron chi connectivity index (χ0n) is 8.65. The first kappa shape index (κ1) is 14.0. The lowest BCUT2D eigenvalue weighted by Gasteiger charge is -2.16. The molecule has 4 nitrogen and oxygen atoms in total. The van der Waals surface area contributed by atoms with Crippen molar-refractivity contribution in [1.82, 2.24) is 0 Å². The average Bonchev–Trinajstić information content (AvgIpc) is 2.32. The van der Waals surface area contributed by atoms with Gasteiger partial charge in [-0.2, -0.15) is 0 Å². The Morgan fingerprint density at radius 3 is 2.24 bits per heavy atom. The van der Waals surface area contributed by atoms with Gasteiger partial charge in [0.1, 0.15) is 17.7 Å².